The number of aryl methyl sites for hydroxylation is 1. The molecule has 1 rings (SSSR count). The van der Waals surface area contributed by atoms with Crippen molar-refractivity contribution in [3.05, 3.63) is 23.3 Å². The monoisotopic (exact) mass is 265 g/mol. The Morgan fingerprint density at radius 3 is 2.47 bits per heavy atom. The Bertz CT molecular complexity index is 461. The molecular weight excluding hydrogens is 242 g/mol. The maximum atomic E-state index is 11.2. The zero-order chi connectivity index (χ0) is 14.6. The van der Waals surface area contributed by atoms with Crippen LogP contribution in [0.3, 0.4) is 0 Å². The lowest BCUT2D eigenvalue weighted by Crippen LogP contribution is -2.16. The number of anilines is 1. The highest BCUT2D eigenvalue weighted by molar-refractivity contribution is 5.89. The van der Waals surface area contributed by atoms with Gasteiger partial charge in [0, 0.05) is 18.2 Å². The van der Waals surface area contributed by atoms with Crippen molar-refractivity contribution in [2.75, 3.05) is 18.5 Å². The molecular formula is C15H23NO3. The van der Waals surface area contributed by atoms with Gasteiger partial charge in [-0.1, -0.05) is 20.8 Å². The van der Waals surface area contributed by atoms with E-state index in [9.17, 15) is 4.79 Å². The van der Waals surface area contributed by atoms with Crippen LogP contribution in [-0.4, -0.2) is 24.2 Å². The molecule has 19 heavy (non-hydrogen) atoms. The van der Waals surface area contributed by atoms with E-state index in [1.54, 1.807) is 0 Å². The fourth-order valence-corrected chi connectivity index (χ4v) is 1.87. The fourth-order valence-electron chi connectivity index (χ4n) is 1.87. The summed E-state index contributed by atoms with van der Waals surface area (Å²) in [6, 6.07) is 3.85. The molecule has 0 fully saturated rings. The number of aliphatic hydroxyl groups is 1. The zero-order valence-corrected chi connectivity index (χ0v) is 12.3. The minimum atomic E-state index is -0.105. The van der Waals surface area contributed by atoms with E-state index in [4.69, 9.17) is 9.84 Å². The van der Waals surface area contributed by atoms with Gasteiger partial charge in [0.15, 0.2) is 0 Å². The molecule has 0 aliphatic heterocycles. The Morgan fingerprint density at radius 2 is 2.00 bits per heavy atom. The second-order valence-electron chi connectivity index (χ2n) is 5.67. The summed E-state index contributed by atoms with van der Waals surface area (Å²) < 4.78 is 5.59. The molecule has 0 heterocycles. The lowest BCUT2D eigenvalue weighted by atomic mass is 9.85. The van der Waals surface area contributed by atoms with Gasteiger partial charge in [0.1, 0.15) is 12.4 Å². The molecule has 1 aromatic carbocycles. The molecule has 2 N–H and O–H groups in total. The number of carbonyl (C=O) groups is 1. The summed E-state index contributed by atoms with van der Waals surface area (Å²) in [4.78, 5) is 11.2. The van der Waals surface area contributed by atoms with Gasteiger partial charge < -0.3 is 15.2 Å². The van der Waals surface area contributed by atoms with Crippen molar-refractivity contribution in [3.8, 4) is 5.75 Å². The Balaban J connectivity index is 3.24. The molecule has 1 aromatic rings. The summed E-state index contributed by atoms with van der Waals surface area (Å²) in [6.45, 7) is 9.91. The van der Waals surface area contributed by atoms with Crippen LogP contribution >= 0.6 is 0 Å². The average molecular weight is 265 g/mol. The van der Waals surface area contributed by atoms with Crippen molar-refractivity contribution in [1.82, 2.24) is 0 Å². The first-order chi connectivity index (χ1) is 8.75. The molecule has 0 spiro atoms. The molecule has 0 bridgehead atoms. The molecule has 0 aliphatic carbocycles. The van der Waals surface area contributed by atoms with Crippen molar-refractivity contribution in [3.63, 3.8) is 0 Å². The van der Waals surface area contributed by atoms with Crippen LogP contribution in [0.15, 0.2) is 12.1 Å². The third-order valence-electron chi connectivity index (χ3n) is 2.79. The molecule has 106 valence electrons. The smallest absolute Gasteiger partial charge is 0.221 e. The third-order valence-corrected chi connectivity index (χ3v) is 2.79. The van der Waals surface area contributed by atoms with Crippen LogP contribution in [0.2, 0.25) is 0 Å². The molecule has 0 saturated carbocycles. The van der Waals surface area contributed by atoms with Crippen molar-refractivity contribution < 1.29 is 14.6 Å². The van der Waals surface area contributed by atoms with Crippen LogP contribution in [0.25, 0.3) is 0 Å². The topological polar surface area (TPSA) is 58.6 Å². The summed E-state index contributed by atoms with van der Waals surface area (Å²) in [5.41, 5.74) is 2.64. The predicted molar refractivity (Wildman–Crippen MR) is 76.8 cm³/mol. The Hall–Kier alpha value is -1.55. The van der Waals surface area contributed by atoms with E-state index in [1.807, 2.05) is 19.1 Å². The highest BCUT2D eigenvalue weighted by atomic mass is 16.5. The van der Waals surface area contributed by atoms with Crippen LogP contribution in [-0.2, 0) is 10.2 Å². The van der Waals surface area contributed by atoms with Crippen molar-refractivity contribution in [1.29, 1.82) is 0 Å². The molecule has 1 amide bonds. The number of amides is 1. The normalized spacial score (nSPS) is 11.3. The number of rotatable bonds is 4. The van der Waals surface area contributed by atoms with E-state index in [0.717, 1.165) is 22.6 Å². The first-order valence-corrected chi connectivity index (χ1v) is 6.42. The van der Waals surface area contributed by atoms with E-state index in [-0.39, 0.29) is 24.5 Å². The van der Waals surface area contributed by atoms with Gasteiger partial charge in [-0.2, -0.15) is 0 Å². The largest absolute Gasteiger partial charge is 0.491 e. The standard InChI is InChI=1S/C15H23NO3/c1-10-8-14(19-7-6-17)12(15(3,4)5)9-13(10)16-11(2)18/h8-9,17H,6-7H2,1-5H3,(H,16,18). The van der Waals surface area contributed by atoms with Crippen molar-refractivity contribution >= 4 is 11.6 Å². The summed E-state index contributed by atoms with van der Waals surface area (Å²) in [6.07, 6.45) is 0. The summed E-state index contributed by atoms with van der Waals surface area (Å²) in [7, 11) is 0. The van der Waals surface area contributed by atoms with Gasteiger partial charge in [-0.15, -0.1) is 0 Å². The minimum Gasteiger partial charge on any atom is -0.491 e. The lowest BCUT2D eigenvalue weighted by Gasteiger charge is -2.24. The van der Waals surface area contributed by atoms with Crippen molar-refractivity contribution in [2.24, 2.45) is 0 Å². The van der Waals surface area contributed by atoms with E-state index in [2.05, 4.69) is 26.1 Å². The Labute approximate surface area is 114 Å². The quantitative estimate of drug-likeness (QED) is 0.879. The first-order valence-electron chi connectivity index (χ1n) is 6.42. The van der Waals surface area contributed by atoms with Gasteiger partial charge in [0.25, 0.3) is 0 Å². The van der Waals surface area contributed by atoms with Gasteiger partial charge >= 0.3 is 0 Å². The number of ether oxygens (including phenoxy) is 1. The molecule has 0 unspecified atom stereocenters. The first kappa shape index (κ1) is 15.5. The number of carbonyl (C=O) groups excluding carboxylic acids is 1. The number of hydrogen-bond acceptors (Lipinski definition) is 3. The molecule has 0 atom stereocenters. The second-order valence-corrected chi connectivity index (χ2v) is 5.67. The number of aliphatic hydroxyl groups excluding tert-OH is 1. The highest BCUT2D eigenvalue weighted by Gasteiger charge is 2.21. The summed E-state index contributed by atoms with van der Waals surface area (Å²) in [5, 5.41) is 11.7. The minimum absolute atomic E-state index is 0.0178. The van der Waals surface area contributed by atoms with Crippen molar-refractivity contribution in [2.45, 2.75) is 40.0 Å². The number of hydrogen-bond donors (Lipinski definition) is 2. The highest BCUT2D eigenvalue weighted by Crippen LogP contribution is 2.35. The molecule has 4 heteroatoms. The molecule has 0 aliphatic rings. The zero-order valence-electron chi connectivity index (χ0n) is 12.3. The fraction of sp³-hybridized carbons (Fsp3) is 0.533. The van der Waals surface area contributed by atoms with Crippen LogP contribution in [0.4, 0.5) is 5.69 Å². The van der Waals surface area contributed by atoms with Crippen LogP contribution < -0.4 is 10.1 Å². The molecule has 4 nitrogen and oxygen atoms in total. The van der Waals surface area contributed by atoms with E-state index in [1.165, 1.54) is 6.92 Å². The molecule has 0 aromatic heterocycles. The van der Waals surface area contributed by atoms with Gasteiger partial charge in [0.2, 0.25) is 5.91 Å². The number of benzene rings is 1. The van der Waals surface area contributed by atoms with E-state index >= 15 is 0 Å². The maximum Gasteiger partial charge on any atom is 0.221 e. The average Bonchev–Trinajstić information content (AvgIpc) is 2.27. The van der Waals surface area contributed by atoms with Gasteiger partial charge in [-0.25, -0.2) is 0 Å². The lowest BCUT2D eigenvalue weighted by molar-refractivity contribution is -0.114. The second kappa shape index (κ2) is 6.06. The molecule has 0 saturated heterocycles. The summed E-state index contributed by atoms with van der Waals surface area (Å²) in [5.74, 6) is 0.667. The molecule has 0 radical (unpaired) electrons. The van der Waals surface area contributed by atoms with Crippen LogP contribution in [0.5, 0.6) is 5.75 Å². The van der Waals surface area contributed by atoms with E-state index < -0.39 is 0 Å². The van der Waals surface area contributed by atoms with Crippen LogP contribution in [0, 0.1) is 6.92 Å². The van der Waals surface area contributed by atoms with Gasteiger partial charge in [-0.05, 0) is 30.0 Å². The number of nitrogens with one attached hydrogen (secondary N) is 1. The maximum absolute atomic E-state index is 11.2. The Kier molecular flexibility index (Phi) is 4.95. The predicted octanol–water partition coefficient (Wildman–Crippen LogP) is 2.62. The van der Waals surface area contributed by atoms with Crippen LogP contribution in [0.1, 0.15) is 38.8 Å². The third kappa shape index (κ3) is 4.24. The van der Waals surface area contributed by atoms with E-state index in [0.29, 0.717) is 0 Å². The van der Waals surface area contributed by atoms with Gasteiger partial charge in [0.05, 0.1) is 6.61 Å². The SMILES string of the molecule is CC(=O)Nc1cc(C(C)(C)C)c(OCCO)cc1C. The Morgan fingerprint density at radius 1 is 1.37 bits per heavy atom. The summed E-state index contributed by atoms with van der Waals surface area (Å²) >= 11 is 0. The van der Waals surface area contributed by atoms with Gasteiger partial charge in [-0.3, -0.25) is 4.79 Å².